The zero-order chi connectivity index (χ0) is 36.7. The van der Waals surface area contributed by atoms with E-state index in [0.29, 0.717) is 0 Å². The highest BCUT2D eigenvalue weighted by molar-refractivity contribution is 6.28. The minimum atomic E-state index is -0.122. The Kier molecular flexibility index (Phi) is 7.00. The Labute approximate surface area is 322 Å². The Morgan fingerprint density at radius 2 is 0.836 bits per heavy atom. The van der Waals surface area contributed by atoms with Gasteiger partial charge in [-0.05, 0) is 146 Å². The van der Waals surface area contributed by atoms with E-state index >= 15 is 0 Å². The van der Waals surface area contributed by atoms with E-state index in [1.54, 1.807) is 0 Å². The summed E-state index contributed by atoms with van der Waals surface area (Å²) in [6, 6.07) is 72.3. The zero-order valence-electron chi connectivity index (χ0n) is 31.0. The Hall–Kier alpha value is -6.76. The van der Waals surface area contributed by atoms with Gasteiger partial charge >= 0.3 is 0 Å². The van der Waals surface area contributed by atoms with Crippen molar-refractivity contribution in [2.75, 3.05) is 0 Å². The summed E-state index contributed by atoms with van der Waals surface area (Å²) in [5.74, 6) is 0. The highest BCUT2D eigenvalue weighted by Crippen LogP contribution is 2.52. The second-order valence-corrected chi connectivity index (χ2v) is 15.7. The molecule has 0 heterocycles. The fourth-order valence-corrected chi connectivity index (χ4v) is 9.50. The van der Waals surface area contributed by atoms with Gasteiger partial charge in [0, 0.05) is 5.41 Å². The summed E-state index contributed by atoms with van der Waals surface area (Å²) in [6.45, 7) is 4.78. The van der Waals surface area contributed by atoms with Crippen molar-refractivity contribution in [2.45, 2.75) is 19.3 Å². The fourth-order valence-electron chi connectivity index (χ4n) is 9.50. The van der Waals surface area contributed by atoms with Crippen LogP contribution in [0.2, 0.25) is 0 Å². The van der Waals surface area contributed by atoms with Crippen molar-refractivity contribution >= 4 is 43.1 Å². The molecule has 0 bridgehead atoms. The molecule has 0 fully saturated rings. The number of fused-ring (bicyclic) bond motifs is 8. The van der Waals surface area contributed by atoms with Gasteiger partial charge in [0.1, 0.15) is 0 Å². The maximum Gasteiger partial charge on any atom is 0.0159 e. The molecule has 10 aromatic rings. The molecule has 0 N–H and O–H groups in total. The predicted molar refractivity (Wildman–Crippen MR) is 236 cm³/mol. The van der Waals surface area contributed by atoms with Crippen LogP contribution >= 0.6 is 0 Å². The maximum absolute atomic E-state index is 2.47. The van der Waals surface area contributed by atoms with Gasteiger partial charge in [0.2, 0.25) is 0 Å². The monoisotopic (exact) mass is 698 g/mol. The molecule has 1 aliphatic carbocycles. The van der Waals surface area contributed by atoms with Gasteiger partial charge in [-0.2, -0.15) is 0 Å². The van der Waals surface area contributed by atoms with E-state index < -0.39 is 0 Å². The molecule has 11 rings (SSSR count). The van der Waals surface area contributed by atoms with E-state index in [1.165, 1.54) is 110 Å². The highest BCUT2D eigenvalue weighted by Gasteiger charge is 2.36. The molecule has 0 nitrogen and oxygen atoms in total. The molecule has 0 radical (unpaired) electrons. The highest BCUT2D eigenvalue weighted by atomic mass is 14.4. The van der Waals surface area contributed by atoms with Crippen LogP contribution in [0.1, 0.15) is 25.0 Å². The van der Waals surface area contributed by atoms with Crippen molar-refractivity contribution in [3.8, 4) is 55.6 Å². The van der Waals surface area contributed by atoms with Gasteiger partial charge in [-0.3, -0.25) is 0 Å². The first-order chi connectivity index (χ1) is 27.0. The van der Waals surface area contributed by atoms with Crippen molar-refractivity contribution in [3.05, 3.63) is 205 Å². The van der Waals surface area contributed by atoms with Gasteiger partial charge in [0.15, 0.2) is 0 Å². The molecule has 0 saturated carbocycles. The maximum atomic E-state index is 2.47. The van der Waals surface area contributed by atoms with Crippen LogP contribution in [0.5, 0.6) is 0 Å². The van der Waals surface area contributed by atoms with Crippen molar-refractivity contribution in [3.63, 3.8) is 0 Å². The van der Waals surface area contributed by atoms with Gasteiger partial charge in [0.25, 0.3) is 0 Å². The lowest BCUT2D eigenvalue weighted by molar-refractivity contribution is 0.661. The first kappa shape index (κ1) is 31.7. The standard InChI is InChI=1S/C55H38/c1-55(2)50-34-40(26-27-45(50)49-32-38-20-9-10-21-39(38)33-51(49)55)42-29-41(35-15-5-3-6-16-35)30-43(31-42)53-47-24-14-13-23-46(47)52(37-18-7-4-8-19-37)48-28-25-36-17-11-12-22-44(36)54(48)53/h3-34H,1-2H3. The minimum absolute atomic E-state index is 0.122. The van der Waals surface area contributed by atoms with Crippen molar-refractivity contribution in [2.24, 2.45) is 0 Å². The van der Waals surface area contributed by atoms with Crippen LogP contribution in [0.25, 0.3) is 98.7 Å². The van der Waals surface area contributed by atoms with E-state index in [4.69, 9.17) is 0 Å². The SMILES string of the molecule is CC1(C)c2cc(-c3cc(-c4ccccc4)cc(-c4c5ccccc5c(-c5ccccc5)c5ccc6ccccc6c45)c3)ccc2-c2cc3ccccc3cc21. The second kappa shape index (κ2) is 12.1. The van der Waals surface area contributed by atoms with Crippen LogP contribution < -0.4 is 0 Å². The summed E-state index contributed by atoms with van der Waals surface area (Å²) in [5.41, 5.74) is 15.3. The molecule has 0 atom stereocenters. The first-order valence-electron chi connectivity index (χ1n) is 19.3. The Morgan fingerprint density at radius 3 is 1.56 bits per heavy atom. The second-order valence-electron chi connectivity index (χ2n) is 15.7. The van der Waals surface area contributed by atoms with E-state index in [-0.39, 0.29) is 5.41 Å². The first-order valence-corrected chi connectivity index (χ1v) is 19.3. The number of rotatable bonds is 4. The molecule has 0 saturated heterocycles. The quantitative estimate of drug-likeness (QED) is 0.127. The summed E-state index contributed by atoms with van der Waals surface area (Å²) in [6.07, 6.45) is 0. The number of hydrogen-bond acceptors (Lipinski definition) is 0. The van der Waals surface area contributed by atoms with E-state index in [9.17, 15) is 0 Å². The number of hydrogen-bond donors (Lipinski definition) is 0. The Morgan fingerprint density at radius 1 is 0.291 bits per heavy atom. The predicted octanol–water partition coefficient (Wildman–Crippen LogP) is 15.3. The number of benzene rings is 10. The van der Waals surface area contributed by atoms with E-state index in [0.717, 1.165) is 0 Å². The van der Waals surface area contributed by atoms with Crippen LogP contribution in [-0.2, 0) is 5.41 Å². The van der Waals surface area contributed by atoms with E-state index in [1.807, 2.05) is 0 Å². The third kappa shape index (κ3) is 4.92. The molecular weight excluding hydrogens is 661 g/mol. The average Bonchev–Trinajstić information content (AvgIpc) is 3.46. The molecule has 0 spiro atoms. The summed E-state index contributed by atoms with van der Waals surface area (Å²) < 4.78 is 0. The Bertz CT molecular complexity index is 3150. The van der Waals surface area contributed by atoms with Gasteiger partial charge in [-0.25, -0.2) is 0 Å². The summed E-state index contributed by atoms with van der Waals surface area (Å²) in [4.78, 5) is 0. The lowest BCUT2D eigenvalue weighted by atomic mass is 9.80. The van der Waals surface area contributed by atoms with Crippen LogP contribution in [-0.4, -0.2) is 0 Å². The summed E-state index contributed by atoms with van der Waals surface area (Å²) in [7, 11) is 0. The third-order valence-corrected chi connectivity index (χ3v) is 12.2. The molecule has 0 amide bonds. The fraction of sp³-hybridized carbons (Fsp3) is 0.0545. The van der Waals surface area contributed by atoms with Crippen LogP contribution in [0.3, 0.4) is 0 Å². The largest absolute Gasteiger partial charge is 0.0622 e. The zero-order valence-corrected chi connectivity index (χ0v) is 31.0. The van der Waals surface area contributed by atoms with Gasteiger partial charge < -0.3 is 0 Å². The molecule has 55 heavy (non-hydrogen) atoms. The van der Waals surface area contributed by atoms with Crippen LogP contribution in [0.4, 0.5) is 0 Å². The molecule has 1 aliphatic rings. The van der Waals surface area contributed by atoms with E-state index in [2.05, 4.69) is 208 Å². The molecule has 0 aromatic heterocycles. The third-order valence-electron chi connectivity index (χ3n) is 12.2. The molecule has 0 aliphatic heterocycles. The molecule has 0 unspecified atom stereocenters. The lowest BCUT2D eigenvalue weighted by Crippen LogP contribution is -2.15. The van der Waals surface area contributed by atoms with Crippen LogP contribution in [0.15, 0.2) is 194 Å². The van der Waals surface area contributed by atoms with Crippen molar-refractivity contribution < 1.29 is 0 Å². The minimum Gasteiger partial charge on any atom is -0.0622 e. The van der Waals surface area contributed by atoms with Crippen molar-refractivity contribution in [1.29, 1.82) is 0 Å². The molecular formula is C55H38. The van der Waals surface area contributed by atoms with Crippen LogP contribution in [0, 0.1) is 0 Å². The van der Waals surface area contributed by atoms with Gasteiger partial charge in [0.05, 0.1) is 0 Å². The van der Waals surface area contributed by atoms with Gasteiger partial charge in [-0.15, -0.1) is 0 Å². The van der Waals surface area contributed by atoms with Gasteiger partial charge in [-0.1, -0.05) is 172 Å². The lowest BCUT2D eigenvalue weighted by Gasteiger charge is -2.23. The topological polar surface area (TPSA) is 0 Å². The van der Waals surface area contributed by atoms with Crippen molar-refractivity contribution in [1.82, 2.24) is 0 Å². The normalized spacial score (nSPS) is 13.1. The Balaban J connectivity index is 1.21. The summed E-state index contributed by atoms with van der Waals surface area (Å²) in [5, 5.41) is 10.2. The molecule has 258 valence electrons. The molecule has 10 aromatic carbocycles. The smallest absolute Gasteiger partial charge is 0.0159 e. The summed E-state index contributed by atoms with van der Waals surface area (Å²) >= 11 is 0. The molecule has 0 heteroatoms. The average molecular weight is 699 g/mol.